The van der Waals surface area contributed by atoms with E-state index in [1.54, 1.807) is 6.20 Å². The maximum absolute atomic E-state index is 13.8. The van der Waals surface area contributed by atoms with Crippen molar-refractivity contribution in [3.63, 3.8) is 0 Å². The number of benzene rings is 2. The third-order valence-electron chi connectivity index (χ3n) is 6.91. The van der Waals surface area contributed by atoms with Crippen molar-refractivity contribution >= 4 is 5.91 Å². The van der Waals surface area contributed by atoms with Gasteiger partial charge in [-0.15, -0.1) is 0 Å². The molecule has 1 saturated heterocycles. The van der Waals surface area contributed by atoms with E-state index in [2.05, 4.69) is 35.5 Å². The molecule has 1 fully saturated rings. The summed E-state index contributed by atoms with van der Waals surface area (Å²) in [6.07, 6.45) is 6.00. The number of imidazole rings is 1. The summed E-state index contributed by atoms with van der Waals surface area (Å²) in [6, 6.07) is 14.9. The molecule has 0 saturated carbocycles. The van der Waals surface area contributed by atoms with Crippen LogP contribution in [0.25, 0.3) is 11.4 Å². The standard InChI is InChI=1S/C26H28FN3O/c1-18-15-19(2)17-29(16-18)24(31)11-12-26(20-7-9-21(27)10-8-20)23-6-4-3-5-22(23)25-28-13-14-30(25)26/h3-10,13-14,18-19H,11-12,15-17H2,1-2H3. The quantitative estimate of drug-likeness (QED) is 0.594. The van der Waals surface area contributed by atoms with E-state index in [-0.39, 0.29) is 11.7 Å². The lowest BCUT2D eigenvalue weighted by Crippen LogP contribution is -2.43. The molecule has 5 heteroatoms. The van der Waals surface area contributed by atoms with E-state index in [0.29, 0.717) is 24.7 Å². The third-order valence-corrected chi connectivity index (χ3v) is 6.91. The Bertz CT molecular complexity index is 1100. The number of hydrogen-bond donors (Lipinski definition) is 0. The zero-order valence-corrected chi connectivity index (χ0v) is 18.1. The van der Waals surface area contributed by atoms with Crippen molar-refractivity contribution < 1.29 is 9.18 Å². The lowest BCUT2D eigenvalue weighted by Gasteiger charge is -2.37. The molecule has 2 aliphatic heterocycles. The summed E-state index contributed by atoms with van der Waals surface area (Å²) in [5, 5.41) is 0. The molecule has 31 heavy (non-hydrogen) atoms. The highest BCUT2D eigenvalue weighted by Crippen LogP contribution is 2.49. The van der Waals surface area contributed by atoms with Crippen molar-refractivity contribution in [2.24, 2.45) is 11.8 Å². The number of amides is 1. The minimum atomic E-state index is -0.571. The molecule has 0 aliphatic carbocycles. The van der Waals surface area contributed by atoms with Crippen LogP contribution in [0.1, 0.15) is 44.2 Å². The highest BCUT2D eigenvalue weighted by molar-refractivity contribution is 5.77. The Morgan fingerprint density at radius 1 is 1.10 bits per heavy atom. The second kappa shape index (κ2) is 7.63. The molecule has 3 aromatic rings. The van der Waals surface area contributed by atoms with E-state index < -0.39 is 5.54 Å². The van der Waals surface area contributed by atoms with Crippen LogP contribution in [-0.2, 0) is 10.3 Å². The highest BCUT2D eigenvalue weighted by Gasteiger charge is 2.45. The van der Waals surface area contributed by atoms with Gasteiger partial charge >= 0.3 is 0 Å². The van der Waals surface area contributed by atoms with Gasteiger partial charge in [0.15, 0.2) is 0 Å². The predicted octanol–water partition coefficient (Wildman–Crippen LogP) is 5.08. The van der Waals surface area contributed by atoms with Crippen LogP contribution < -0.4 is 0 Å². The Morgan fingerprint density at radius 3 is 2.55 bits per heavy atom. The first kappa shape index (κ1) is 20.0. The summed E-state index contributed by atoms with van der Waals surface area (Å²) < 4.78 is 15.9. The van der Waals surface area contributed by atoms with Crippen LogP contribution in [0, 0.1) is 17.7 Å². The summed E-state index contributed by atoms with van der Waals surface area (Å²) in [4.78, 5) is 19.9. The number of rotatable bonds is 4. The molecule has 3 unspecified atom stereocenters. The molecule has 1 amide bonds. The lowest BCUT2D eigenvalue weighted by atomic mass is 9.79. The zero-order valence-electron chi connectivity index (χ0n) is 18.1. The number of aromatic nitrogens is 2. The van der Waals surface area contributed by atoms with Gasteiger partial charge in [0.25, 0.3) is 0 Å². The fourth-order valence-electron chi connectivity index (χ4n) is 5.71. The van der Waals surface area contributed by atoms with E-state index in [4.69, 9.17) is 0 Å². The molecule has 3 heterocycles. The summed E-state index contributed by atoms with van der Waals surface area (Å²) in [5.74, 6) is 1.90. The second-order valence-electron chi connectivity index (χ2n) is 9.28. The summed E-state index contributed by atoms with van der Waals surface area (Å²) in [6.45, 7) is 6.11. The van der Waals surface area contributed by atoms with Crippen molar-refractivity contribution in [3.8, 4) is 11.4 Å². The van der Waals surface area contributed by atoms with Gasteiger partial charge in [-0.1, -0.05) is 50.2 Å². The minimum Gasteiger partial charge on any atom is -0.342 e. The molecule has 0 bridgehead atoms. The molecule has 5 rings (SSSR count). The van der Waals surface area contributed by atoms with Gasteiger partial charge in [-0.05, 0) is 47.9 Å². The number of nitrogens with zero attached hydrogens (tertiary/aromatic N) is 3. The zero-order chi connectivity index (χ0) is 21.6. The van der Waals surface area contributed by atoms with Gasteiger partial charge in [-0.3, -0.25) is 4.79 Å². The molecule has 2 aromatic carbocycles. The topological polar surface area (TPSA) is 38.1 Å². The second-order valence-corrected chi connectivity index (χ2v) is 9.28. The lowest BCUT2D eigenvalue weighted by molar-refractivity contribution is -0.134. The normalized spacial score (nSPS) is 24.7. The Labute approximate surface area is 182 Å². The van der Waals surface area contributed by atoms with Gasteiger partial charge in [0, 0.05) is 37.5 Å². The van der Waals surface area contributed by atoms with Crippen LogP contribution in [0.2, 0.25) is 0 Å². The first-order valence-electron chi connectivity index (χ1n) is 11.2. The van der Waals surface area contributed by atoms with E-state index in [1.807, 2.05) is 35.4 Å². The van der Waals surface area contributed by atoms with Crippen molar-refractivity contribution in [1.29, 1.82) is 0 Å². The Morgan fingerprint density at radius 2 is 1.81 bits per heavy atom. The van der Waals surface area contributed by atoms with Crippen LogP contribution in [0.3, 0.4) is 0 Å². The van der Waals surface area contributed by atoms with Crippen molar-refractivity contribution in [2.75, 3.05) is 13.1 Å². The third kappa shape index (κ3) is 3.27. The average molecular weight is 418 g/mol. The van der Waals surface area contributed by atoms with Crippen molar-refractivity contribution in [1.82, 2.24) is 14.5 Å². The van der Waals surface area contributed by atoms with E-state index in [0.717, 1.165) is 35.6 Å². The minimum absolute atomic E-state index is 0.200. The predicted molar refractivity (Wildman–Crippen MR) is 119 cm³/mol. The molecule has 0 spiro atoms. The number of piperidine rings is 1. The molecule has 3 atom stereocenters. The fourth-order valence-corrected chi connectivity index (χ4v) is 5.71. The van der Waals surface area contributed by atoms with E-state index in [9.17, 15) is 9.18 Å². The molecule has 160 valence electrons. The number of carbonyl (C=O) groups excluding carboxylic acids is 1. The number of halogens is 1. The largest absolute Gasteiger partial charge is 0.342 e. The van der Waals surface area contributed by atoms with Crippen LogP contribution in [-0.4, -0.2) is 33.4 Å². The maximum Gasteiger partial charge on any atom is 0.222 e. The van der Waals surface area contributed by atoms with Crippen LogP contribution >= 0.6 is 0 Å². The number of hydrogen-bond acceptors (Lipinski definition) is 2. The van der Waals surface area contributed by atoms with E-state index >= 15 is 0 Å². The molecule has 4 nitrogen and oxygen atoms in total. The first-order chi connectivity index (χ1) is 15.0. The summed E-state index contributed by atoms with van der Waals surface area (Å²) in [7, 11) is 0. The van der Waals surface area contributed by atoms with Crippen molar-refractivity contribution in [2.45, 2.75) is 38.6 Å². The number of likely N-dealkylation sites (tertiary alicyclic amines) is 1. The van der Waals surface area contributed by atoms with Gasteiger partial charge in [0.1, 0.15) is 11.6 Å². The SMILES string of the molecule is CC1CC(C)CN(C(=O)CCC2(c3ccc(F)cc3)c3ccccc3-c3nccn32)C1. The van der Waals surface area contributed by atoms with Gasteiger partial charge in [0.05, 0.1) is 5.54 Å². The van der Waals surface area contributed by atoms with Crippen LogP contribution in [0.4, 0.5) is 4.39 Å². The number of carbonyl (C=O) groups is 1. The molecule has 0 N–H and O–H groups in total. The Balaban J connectivity index is 1.54. The van der Waals surface area contributed by atoms with Crippen LogP contribution in [0.15, 0.2) is 60.9 Å². The number of fused-ring (bicyclic) bond motifs is 3. The summed E-state index contributed by atoms with van der Waals surface area (Å²) >= 11 is 0. The van der Waals surface area contributed by atoms with Gasteiger partial charge in [-0.2, -0.15) is 0 Å². The fraction of sp³-hybridized carbons (Fsp3) is 0.385. The van der Waals surface area contributed by atoms with E-state index in [1.165, 1.54) is 18.6 Å². The molecule has 0 radical (unpaired) electrons. The molecular weight excluding hydrogens is 389 g/mol. The Hall–Kier alpha value is -2.95. The Kier molecular flexibility index (Phi) is 4.92. The van der Waals surface area contributed by atoms with Crippen LogP contribution in [0.5, 0.6) is 0 Å². The van der Waals surface area contributed by atoms with Crippen molar-refractivity contribution in [3.05, 3.63) is 77.9 Å². The molecular formula is C26H28FN3O. The highest BCUT2D eigenvalue weighted by atomic mass is 19.1. The molecule has 2 aliphatic rings. The summed E-state index contributed by atoms with van der Waals surface area (Å²) in [5.41, 5.74) is 2.60. The monoisotopic (exact) mass is 417 g/mol. The van der Waals surface area contributed by atoms with Gasteiger partial charge in [-0.25, -0.2) is 9.37 Å². The maximum atomic E-state index is 13.8. The van der Waals surface area contributed by atoms with Gasteiger partial charge in [0.2, 0.25) is 5.91 Å². The molecule has 1 aromatic heterocycles. The average Bonchev–Trinajstić information content (AvgIpc) is 3.33. The van der Waals surface area contributed by atoms with Gasteiger partial charge < -0.3 is 9.47 Å². The smallest absolute Gasteiger partial charge is 0.222 e. The first-order valence-corrected chi connectivity index (χ1v) is 11.2.